The van der Waals surface area contributed by atoms with Crippen LogP contribution in [0.2, 0.25) is 0 Å². The third-order valence-corrected chi connectivity index (χ3v) is 5.44. The van der Waals surface area contributed by atoms with Crippen LogP contribution in [0.1, 0.15) is 115 Å². The molecule has 0 aromatic heterocycles. The number of nitrogens with one attached hydrogen (secondary N) is 1. The van der Waals surface area contributed by atoms with E-state index in [4.69, 9.17) is 0 Å². The molecule has 0 saturated heterocycles. The predicted octanol–water partition coefficient (Wildman–Crippen LogP) is 8.53. The topological polar surface area (TPSA) is 29.1 Å². The highest BCUT2D eigenvalue weighted by atomic mass is 16.1. The second-order valence-corrected chi connectivity index (χ2v) is 8.07. The molecule has 1 aromatic carbocycles. The van der Waals surface area contributed by atoms with Crippen molar-refractivity contribution in [1.82, 2.24) is 0 Å². The van der Waals surface area contributed by atoms with E-state index in [1.54, 1.807) is 6.08 Å². The second kappa shape index (κ2) is 17.5. The summed E-state index contributed by atoms with van der Waals surface area (Å²) < 4.78 is 0. The molecule has 0 fully saturated rings. The van der Waals surface area contributed by atoms with Gasteiger partial charge < -0.3 is 5.32 Å². The van der Waals surface area contributed by atoms with E-state index in [2.05, 4.69) is 18.8 Å². The lowest BCUT2D eigenvalue weighted by Gasteiger charge is -2.06. The highest BCUT2D eigenvalue weighted by Crippen LogP contribution is 2.14. The van der Waals surface area contributed by atoms with Gasteiger partial charge in [-0.15, -0.1) is 0 Å². The van der Waals surface area contributed by atoms with Crippen molar-refractivity contribution < 1.29 is 4.79 Å². The van der Waals surface area contributed by atoms with Gasteiger partial charge in [-0.2, -0.15) is 0 Å². The normalized spacial score (nSPS) is 10.8. The van der Waals surface area contributed by atoms with E-state index in [1.807, 2.05) is 24.3 Å². The number of hydrogen-bond acceptors (Lipinski definition) is 1. The summed E-state index contributed by atoms with van der Waals surface area (Å²) in [6.45, 7) is 6.02. The maximum Gasteiger partial charge on any atom is 0.224 e. The largest absolute Gasteiger partial charge is 0.326 e. The first-order valence-corrected chi connectivity index (χ1v) is 11.8. The summed E-state index contributed by atoms with van der Waals surface area (Å²) in [4.78, 5) is 12.0. The third-order valence-electron chi connectivity index (χ3n) is 5.44. The molecular formula is C26H43NO. The summed E-state index contributed by atoms with van der Waals surface area (Å²) in [6, 6.07) is 7.80. The Hall–Kier alpha value is -1.57. The molecule has 0 aliphatic carbocycles. The zero-order valence-corrected chi connectivity index (χ0v) is 18.3. The van der Waals surface area contributed by atoms with E-state index in [-0.39, 0.29) is 5.91 Å². The number of rotatable bonds is 18. The van der Waals surface area contributed by atoms with E-state index >= 15 is 0 Å². The molecule has 0 radical (unpaired) electrons. The lowest BCUT2D eigenvalue weighted by atomic mass is 10.0. The fourth-order valence-corrected chi connectivity index (χ4v) is 3.58. The van der Waals surface area contributed by atoms with Gasteiger partial charge in [0, 0.05) is 12.1 Å². The van der Waals surface area contributed by atoms with Crippen molar-refractivity contribution >= 4 is 17.7 Å². The van der Waals surface area contributed by atoms with Crippen LogP contribution >= 0.6 is 0 Å². The molecule has 1 rings (SSSR count). The SMILES string of the molecule is C=Cc1ccc(NC(=O)CCCCCCCCCCCCCCCCC)cc1. The molecular weight excluding hydrogens is 342 g/mol. The van der Waals surface area contributed by atoms with Crippen LogP contribution in [0.4, 0.5) is 5.69 Å². The first-order valence-electron chi connectivity index (χ1n) is 11.8. The van der Waals surface area contributed by atoms with Crippen LogP contribution in [0.25, 0.3) is 6.08 Å². The molecule has 1 N–H and O–H groups in total. The van der Waals surface area contributed by atoms with Crippen molar-refractivity contribution in [3.05, 3.63) is 36.4 Å². The molecule has 0 aliphatic rings. The number of amides is 1. The van der Waals surface area contributed by atoms with E-state index in [0.717, 1.165) is 17.7 Å². The van der Waals surface area contributed by atoms with Crippen LogP contribution in [0.3, 0.4) is 0 Å². The van der Waals surface area contributed by atoms with Gasteiger partial charge in [0.15, 0.2) is 0 Å². The molecule has 28 heavy (non-hydrogen) atoms. The third kappa shape index (κ3) is 13.6. The molecule has 0 atom stereocenters. The Bertz CT molecular complexity index is 506. The predicted molar refractivity (Wildman–Crippen MR) is 125 cm³/mol. The van der Waals surface area contributed by atoms with Crippen molar-refractivity contribution in [3.8, 4) is 0 Å². The lowest BCUT2D eigenvalue weighted by molar-refractivity contribution is -0.116. The number of hydrogen-bond donors (Lipinski definition) is 1. The van der Waals surface area contributed by atoms with Crippen LogP contribution < -0.4 is 5.32 Å². The number of unbranched alkanes of at least 4 members (excludes halogenated alkanes) is 14. The Labute approximate surface area is 174 Å². The summed E-state index contributed by atoms with van der Waals surface area (Å²) in [6.07, 6.45) is 22.7. The number of carbonyl (C=O) groups is 1. The summed E-state index contributed by atoms with van der Waals surface area (Å²) in [7, 11) is 0. The molecule has 2 nitrogen and oxygen atoms in total. The lowest BCUT2D eigenvalue weighted by Crippen LogP contribution is -2.10. The highest BCUT2D eigenvalue weighted by molar-refractivity contribution is 5.90. The zero-order valence-electron chi connectivity index (χ0n) is 18.3. The minimum absolute atomic E-state index is 0.126. The minimum atomic E-state index is 0.126. The van der Waals surface area contributed by atoms with Crippen LogP contribution in [-0.4, -0.2) is 5.91 Å². The van der Waals surface area contributed by atoms with Crippen LogP contribution in [0, 0.1) is 0 Å². The van der Waals surface area contributed by atoms with Gasteiger partial charge in [-0.3, -0.25) is 4.79 Å². The summed E-state index contributed by atoms with van der Waals surface area (Å²) in [5, 5.41) is 2.97. The molecule has 0 saturated carbocycles. The second-order valence-electron chi connectivity index (χ2n) is 8.07. The van der Waals surface area contributed by atoms with Gasteiger partial charge in [0.25, 0.3) is 0 Å². The molecule has 2 heteroatoms. The van der Waals surface area contributed by atoms with Gasteiger partial charge in [-0.25, -0.2) is 0 Å². The smallest absolute Gasteiger partial charge is 0.224 e. The molecule has 158 valence electrons. The van der Waals surface area contributed by atoms with Gasteiger partial charge in [0.2, 0.25) is 5.91 Å². The Morgan fingerprint density at radius 1 is 0.750 bits per heavy atom. The first-order chi connectivity index (χ1) is 13.8. The molecule has 0 aliphatic heterocycles. The summed E-state index contributed by atoms with van der Waals surface area (Å²) in [5.41, 5.74) is 1.94. The minimum Gasteiger partial charge on any atom is -0.326 e. The van der Waals surface area contributed by atoms with Crippen LogP contribution in [0.15, 0.2) is 30.8 Å². The fourth-order valence-electron chi connectivity index (χ4n) is 3.58. The van der Waals surface area contributed by atoms with E-state index in [0.29, 0.717) is 6.42 Å². The van der Waals surface area contributed by atoms with Gasteiger partial charge in [-0.1, -0.05) is 122 Å². The Kier molecular flexibility index (Phi) is 15.3. The van der Waals surface area contributed by atoms with Crippen LogP contribution in [0.5, 0.6) is 0 Å². The molecule has 0 spiro atoms. The molecule has 0 bridgehead atoms. The monoisotopic (exact) mass is 385 g/mol. The van der Waals surface area contributed by atoms with Gasteiger partial charge >= 0.3 is 0 Å². The fraction of sp³-hybridized carbons (Fsp3) is 0.654. The zero-order chi connectivity index (χ0) is 20.3. The van der Waals surface area contributed by atoms with E-state index < -0.39 is 0 Å². The number of carbonyl (C=O) groups excluding carboxylic acids is 1. The van der Waals surface area contributed by atoms with E-state index in [1.165, 1.54) is 89.9 Å². The van der Waals surface area contributed by atoms with Crippen LogP contribution in [-0.2, 0) is 4.79 Å². The van der Waals surface area contributed by atoms with Crippen molar-refractivity contribution in [3.63, 3.8) is 0 Å². The standard InChI is InChI=1S/C26H43NO/c1-3-5-6-7-8-9-10-11-12-13-14-15-16-17-18-19-26(28)27-25-22-20-24(4-2)21-23-25/h4,20-23H,2-3,5-19H2,1H3,(H,27,28). The molecule has 1 amide bonds. The molecule has 0 unspecified atom stereocenters. The molecule has 1 aromatic rings. The summed E-state index contributed by atoms with van der Waals surface area (Å²) >= 11 is 0. The number of anilines is 1. The van der Waals surface area contributed by atoms with Gasteiger partial charge in [-0.05, 0) is 24.1 Å². The highest BCUT2D eigenvalue weighted by Gasteiger charge is 2.02. The van der Waals surface area contributed by atoms with Crippen molar-refractivity contribution in [2.75, 3.05) is 5.32 Å². The molecule has 0 heterocycles. The van der Waals surface area contributed by atoms with Gasteiger partial charge in [0.1, 0.15) is 0 Å². The Morgan fingerprint density at radius 3 is 1.61 bits per heavy atom. The Morgan fingerprint density at radius 2 is 1.18 bits per heavy atom. The quantitative estimate of drug-likeness (QED) is 0.252. The van der Waals surface area contributed by atoms with E-state index in [9.17, 15) is 4.79 Å². The Balaban J connectivity index is 1.84. The maximum atomic E-state index is 12.0. The van der Waals surface area contributed by atoms with Crippen molar-refractivity contribution in [1.29, 1.82) is 0 Å². The van der Waals surface area contributed by atoms with Crippen molar-refractivity contribution in [2.45, 2.75) is 110 Å². The van der Waals surface area contributed by atoms with Crippen molar-refractivity contribution in [2.24, 2.45) is 0 Å². The van der Waals surface area contributed by atoms with Gasteiger partial charge in [0.05, 0.1) is 0 Å². The average Bonchev–Trinajstić information content (AvgIpc) is 2.71. The summed E-state index contributed by atoms with van der Waals surface area (Å²) in [5.74, 6) is 0.126. The maximum absolute atomic E-state index is 12.0. The average molecular weight is 386 g/mol. The number of benzene rings is 1. The first kappa shape index (κ1) is 24.5.